The van der Waals surface area contributed by atoms with E-state index < -0.39 is 0 Å². The van der Waals surface area contributed by atoms with Crippen molar-refractivity contribution in [3.8, 4) is 5.75 Å². The largest absolute Gasteiger partial charge is 0.491 e. The molecule has 2 heterocycles. The number of pyridine rings is 1. The van der Waals surface area contributed by atoms with Gasteiger partial charge in [0.2, 0.25) is 0 Å². The Kier molecular flexibility index (Phi) is 10.7. The third-order valence-corrected chi connectivity index (χ3v) is 7.51. The van der Waals surface area contributed by atoms with Gasteiger partial charge in [0.05, 0.1) is 30.1 Å². The van der Waals surface area contributed by atoms with Gasteiger partial charge in [-0.2, -0.15) is 0 Å². The molecule has 0 aliphatic carbocycles. The van der Waals surface area contributed by atoms with Crippen molar-refractivity contribution in [2.75, 3.05) is 26.4 Å². The zero-order valence-electron chi connectivity index (χ0n) is 23.8. The third-order valence-electron chi connectivity index (χ3n) is 7.51. The molecule has 1 aliphatic heterocycles. The number of carbonyl (C=O) groups excluding carboxylic acids is 1. The molecule has 7 heteroatoms. The number of nitrogens with one attached hydrogen (secondary N) is 1. The van der Waals surface area contributed by atoms with Crippen LogP contribution in [0.15, 0.2) is 103 Å². The number of para-hydroxylation sites is 1. The molecule has 1 aromatic heterocycles. The van der Waals surface area contributed by atoms with E-state index in [1.54, 1.807) is 12.1 Å². The lowest BCUT2D eigenvalue weighted by Gasteiger charge is -2.32. The summed E-state index contributed by atoms with van der Waals surface area (Å²) < 4.78 is 26.2. The molecule has 0 saturated carbocycles. The summed E-state index contributed by atoms with van der Waals surface area (Å²) in [5, 5.41) is 3.19. The second-order valence-corrected chi connectivity index (χ2v) is 10.7. The predicted molar refractivity (Wildman–Crippen MR) is 162 cm³/mol. The number of nitrogens with zero attached hydrogens (tertiary/aromatic N) is 2. The highest BCUT2D eigenvalue weighted by Crippen LogP contribution is 2.22. The first-order valence-electron chi connectivity index (χ1n) is 14.7. The van der Waals surface area contributed by atoms with Crippen LogP contribution in [0.5, 0.6) is 5.75 Å². The van der Waals surface area contributed by atoms with E-state index in [9.17, 15) is 9.18 Å². The molecule has 0 spiro atoms. The van der Waals surface area contributed by atoms with E-state index in [0.29, 0.717) is 44.1 Å². The van der Waals surface area contributed by atoms with Gasteiger partial charge in [-0.3, -0.25) is 14.7 Å². The first-order chi connectivity index (χ1) is 20.6. The quantitative estimate of drug-likeness (QED) is 0.316. The van der Waals surface area contributed by atoms with Gasteiger partial charge in [-0.05, 0) is 67.6 Å². The van der Waals surface area contributed by atoms with Crippen molar-refractivity contribution in [2.24, 2.45) is 0 Å². The van der Waals surface area contributed by atoms with Crippen molar-refractivity contribution in [1.82, 2.24) is 15.2 Å². The van der Waals surface area contributed by atoms with Crippen LogP contribution in [-0.4, -0.2) is 54.2 Å². The Morgan fingerprint density at radius 2 is 1.55 bits per heavy atom. The minimum absolute atomic E-state index is 0.00718. The molecule has 0 bridgehead atoms. The summed E-state index contributed by atoms with van der Waals surface area (Å²) in [4.78, 5) is 20.2. The van der Waals surface area contributed by atoms with Crippen LogP contribution in [0.3, 0.4) is 0 Å². The van der Waals surface area contributed by atoms with Crippen molar-refractivity contribution in [2.45, 2.75) is 44.3 Å². The highest BCUT2D eigenvalue weighted by molar-refractivity contribution is 5.97. The number of ether oxygens (including phenoxy) is 2. The molecule has 0 radical (unpaired) electrons. The van der Waals surface area contributed by atoms with Gasteiger partial charge < -0.3 is 14.8 Å². The van der Waals surface area contributed by atoms with Gasteiger partial charge in [-0.15, -0.1) is 0 Å². The number of amides is 1. The van der Waals surface area contributed by atoms with Gasteiger partial charge in [-0.25, -0.2) is 4.39 Å². The molecule has 0 saturated heterocycles. The minimum Gasteiger partial charge on any atom is -0.491 e. The van der Waals surface area contributed by atoms with Crippen molar-refractivity contribution >= 4 is 5.91 Å². The molecule has 1 amide bonds. The van der Waals surface area contributed by atoms with Crippen molar-refractivity contribution in [3.63, 3.8) is 0 Å². The van der Waals surface area contributed by atoms with E-state index in [1.807, 2.05) is 54.6 Å². The van der Waals surface area contributed by atoms with Crippen LogP contribution in [0.25, 0.3) is 0 Å². The fourth-order valence-corrected chi connectivity index (χ4v) is 5.30. The molecule has 6 nitrogen and oxygen atoms in total. The maximum absolute atomic E-state index is 13.6. The molecule has 5 rings (SSSR count). The lowest BCUT2D eigenvalue weighted by molar-refractivity contribution is 0.0819. The standard InChI is InChI=1S/C35H38FN3O3/c36-29-17-18-30(37-23-29)24-39-19-9-10-20-41-25-31(21-27-11-3-1-4-12-27)38-35(40)33-15-7-8-16-34(33)42-26-32(39)22-28-13-5-2-6-14-28/h1-8,11-18,23,31-32H,9-10,19-22,24-26H2,(H,38,40)/t31-,32-/m0/s1. The van der Waals surface area contributed by atoms with Crippen LogP contribution in [0.4, 0.5) is 4.39 Å². The Morgan fingerprint density at radius 1 is 0.833 bits per heavy atom. The molecule has 0 fully saturated rings. The molecule has 0 unspecified atom stereocenters. The highest BCUT2D eigenvalue weighted by Gasteiger charge is 2.24. The van der Waals surface area contributed by atoms with Crippen molar-refractivity contribution in [3.05, 3.63) is 131 Å². The average Bonchev–Trinajstić information content (AvgIpc) is 3.02. The first-order valence-corrected chi connectivity index (χ1v) is 14.7. The van der Waals surface area contributed by atoms with Crippen LogP contribution >= 0.6 is 0 Å². The van der Waals surface area contributed by atoms with E-state index in [1.165, 1.54) is 17.8 Å². The summed E-state index contributed by atoms with van der Waals surface area (Å²) in [5.41, 5.74) is 3.63. The number of benzene rings is 3. The van der Waals surface area contributed by atoms with Gasteiger partial charge in [0.25, 0.3) is 5.91 Å². The Bertz CT molecular complexity index is 1390. The second-order valence-electron chi connectivity index (χ2n) is 10.7. The molecule has 1 N–H and O–H groups in total. The first kappa shape index (κ1) is 29.4. The number of hydrogen-bond acceptors (Lipinski definition) is 5. The fourth-order valence-electron chi connectivity index (χ4n) is 5.30. The van der Waals surface area contributed by atoms with E-state index >= 15 is 0 Å². The summed E-state index contributed by atoms with van der Waals surface area (Å²) in [5.74, 6) is 0.0109. The summed E-state index contributed by atoms with van der Waals surface area (Å²) in [6.45, 7) is 2.76. The van der Waals surface area contributed by atoms with E-state index in [2.05, 4.69) is 39.5 Å². The molecule has 2 atom stereocenters. The van der Waals surface area contributed by atoms with Crippen LogP contribution in [0, 0.1) is 5.82 Å². The maximum Gasteiger partial charge on any atom is 0.255 e. The molecule has 4 aromatic rings. The Labute approximate surface area is 247 Å². The SMILES string of the molecule is O=C1N[C@@H](Cc2ccccc2)COCCCCN(Cc2ccc(F)cn2)[C@@H](Cc2ccccc2)COc2ccccc21. The predicted octanol–water partition coefficient (Wildman–Crippen LogP) is 5.86. The number of halogens is 1. The average molecular weight is 568 g/mol. The third kappa shape index (κ3) is 8.71. The van der Waals surface area contributed by atoms with Crippen LogP contribution in [-0.2, 0) is 24.1 Å². The monoisotopic (exact) mass is 567 g/mol. The molecule has 42 heavy (non-hydrogen) atoms. The van der Waals surface area contributed by atoms with E-state index in [-0.39, 0.29) is 23.8 Å². The summed E-state index contributed by atoms with van der Waals surface area (Å²) in [6.07, 6.45) is 4.48. The Morgan fingerprint density at radius 3 is 2.29 bits per heavy atom. The summed E-state index contributed by atoms with van der Waals surface area (Å²) in [7, 11) is 0. The topological polar surface area (TPSA) is 63.7 Å². The van der Waals surface area contributed by atoms with Gasteiger partial charge >= 0.3 is 0 Å². The lowest BCUT2D eigenvalue weighted by atomic mass is 10.0. The van der Waals surface area contributed by atoms with Gasteiger partial charge in [0, 0.05) is 19.2 Å². The molecule has 3 aromatic carbocycles. The van der Waals surface area contributed by atoms with Gasteiger partial charge in [0.1, 0.15) is 18.2 Å². The molecular formula is C35H38FN3O3. The second kappa shape index (κ2) is 15.2. The van der Waals surface area contributed by atoms with Crippen LogP contribution in [0.2, 0.25) is 0 Å². The Balaban J connectivity index is 1.40. The number of rotatable bonds is 6. The minimum atomic E-state index is -0.349. The summed E-state index contributed by atoms with van der Waals surface area (Å²) in [6, 6.07) is 30.9. The molecular weight excluding hydrogens is 529 g/mol. The van der Waals surface area contributed by atoms with Crippen molar-refractivity contribution < 1.29 is 18.7 Å². The van der Waals surface area contributed by atoms with Crippen LogP contribution in [0.1, 0.15) is 40.0 Å². The maximum atomic E-state index is 13.6. The Hall–Kier alpha value is -4.07. The summed E-state index contributed by atoms with van der Waals surface area (Å²) >= 11 is 0. The van der Waals surface area contributed by atoms with Gasteiger partial charge in [-0.1, -0.05) is 72.8 Å². The number of carbonyl (C=O) groups is 1. The normalized spacial score (nSPS) is 19.0. The van der Waals surface area contributed by atoms with E-state index in [4.69, 9.17) is 9.47 Å². The number of aromatic nitrogens is 1. The fraction of sp³-hybridized carbons (Fsp3) is 0.314. The van der Waals surface area contributed by atoms with Gasteiger partial charge in [0.15, 0.2) is 0 Å². The smallest absolute Gasteiger partial charge is 0.255 e. The number of fused-ring (bicyclic) bond motifs is 1. The zero-order valence-corrected chi connectivity index (χ0v) is 23.8. The zero-order chi connectivity index (χ0) is 29.0. The van der Waals surface area contributed by atoms with Crippen LogP contribution < -0.4 is 10.1 Å². The van der Waals surface area contributed by atoms with E-state index in [0.717, 1.165) is 37.1 Å². The molecule has 218 valence electrons. The van der Waals surface area contributed by atoms with Crippen molar-refractivity contribution in [1.29, 1.82) is 0 Å². The molecule has 1 aliphatic rings. The highest BCUT2D eigenvalue weighted by atomic mass is 19.1. The lowest BCUT2D eigenvalue weighted by Crippen LogP contribution is -2.42. The number of hydrogen-bond donors (Lipinski definition) is 1.